The normalized spacial score (nSPS) is 11.1. The molecule has 0 radical (unpaired) electrons. The van der Waals surface area contributed by atoms with Gasteiger partial charge in [-0.3, -0.25) is 0 Å². The highest BCUT2D eigenvalue weighted by molar-refractivity contribution is 5.91. The zero-order valence-corrected chi connectivity index (χ0v) is 12.3. The van der Waals surface area contributed by atoms with Gasteiger partial charge in [0.1, 0.15) is 17.5 Å². The number of hydrogen-bond acceptors (Lipinski definition) is 1. The molecule has 0 saturated heterocycles. The Kier molecular flexibility index (Phi) is 3.86. The largest absolute Gasteiger partial charge is 0.403 e. The van der Waals surface area contributed by atoms with Crippen LogP contribution in [0.3, 0.4) is 0 Å². The van der Waals surface area contributed by atoms with Gasteiger partial charge in [0.2, 0.25) is 0 Å². The third kappa shape index (κ3) is 2.95. The average Bonchev–Trinajstić information content (AvgIpc) is 2.84. The van der Waals surface area contributed by atoms with E-state index in [0.717, 1.165) is 11.6 Å². The fourth-order valence-corrected chi connectivity index (χ4v) is 2.68. The summed E-state index contributed by atoms with van der Waals surface area (Å²) in [6.07, 6.45) is 0.963. The Labute approximate surface area is 131 Å². The molecule has 0 aliphatic carbocycles. The molecule has 0 atom stereocenters. The maximum absolute atomic E-state index is 14.0. The monoisotopic (exact) mass is 316 g/mol. The van der Waals surface area contributed by atoms with Crippen LogP contribution in [0.2, 0.25) is 0 Å². The number of fused-ring (bicyclic) bond motifs is 1. The number of nitrogens with one attached hydrogen (secondary N) is 1. The summed E-state index contributed by atoms with van der Waals surface area (Å²) in [5.41, 5.74) is 8.39. The van der Waals surface area contributed by atoms with Crippen molar-refractivity contribution in [1.82, 2.24) is 4.98 Å². The summed E-state index contributed by atoms with van der Waals surface area (Å²) in [6, 6.07) is 7.95. The molecule has 0 spiro atoms. The summed E-state index contributed by atoms with van der Waals surface area (Å²) in [4.78, 5) is 2.98. The number of halogens is 3. The third-order valence-corrected chi connectivity index (χ3v) is 3.76. The molecule has 3 rings (SSSR count). The van der Waals surface area contributed by atoms with E-state index >= 15 is 0 Å². The predicted molar refractivity (Wildman–Crippen MR) is 85.3 cm³/mol. The SMILES string of the molecule is C=C(N)CCc1c(-c2ccc(F)cc2)[nH]c2c(F)cc(F)cc12. The Morgan fingerprint density at radius 2 is 1.74 bits per heavy atom. The second-order valence-electron chi connectivity index (χ2n) is 5.45. The summed E-state index contributed by atoms with van der Waals surface area (Å²) < 4.78 is 40.8. The lowest BCUT2D eigenvalue weighted by molar-refractivity contribution is 0.591. The Hall–Kier alpha value is -2.69. The Morgan fingerprint density at radius 3 is 2.39 bits per heavy atom. The second-order valence-corrected chi connectivity index (χ2v) is 5.45. The first-order valence-corrected chi connectivity index (χ1v) is 7.14. The number of nitrogens with two attached hydrogens (primary N) is 1. The minimum atomic E-state index is -0.666. The molecule has 1 aromatic heterocycles. The molecule has 0 saturated carbocycles. The summed E-state index contributed by atoms with van der Waals surface area (Å²) in [6.45, 7) is 3.65. The maximum atomic E-state index is 14.0. The number of hydrogen-bond donors (Lipinski definition) is 2. The van der Waals surface area contributed by atoms with Gasteiger partial charge < -0.3 is 10.7 Å². The second kappa shape index (κ2) is 5.83. The molecule has 0 amide bonds. The molecule has 3 aromatic rings. The van der Waals surface area contributed by atoms with E-state index in [1.807, 2.05) is 0 Å². The van der Waals surface area contributed by atoms with E-state index < -0.39 is 11.6 Å². The van der Waals surface area contributed by atoms with Gasteiger partial charge in [-0.25, -0.2) is 13.2 Å². The van der Waals surface area contributed by atoms with Crippen molar-refractivity contribution in [2.75, 3.05) is 0 Å². The maximum Gasteiger partial charge on any atom is 0.150 e. The smallest absolute Gasteiger partial charge is 0.150 e. The fraction of sp³-hybridized carbons (Fsp3) is 0.111. The first-order valence-electron chi connectivity index (χ1n) is 7.14. The van der Waals surface area contributed by atoms with Crippen molar-refractivity contribution in [2.45, 2.75) is 12.8 Å². The number of benzene rings is 2. The van der Waals surface area contributed by atoms with Crippen LogP contribution < -0.4 is 5.73 Å². The lowest BCUT2D eigenvalue weighted by Crippen LogP contribution is -1.98. The molecule has 2 aromatic carbocycles. The van der Waals surface area contributed by atoms with Crippen molar-refractivity contribution in [3.63, 3.8) is 0 Å². The lowest BCUT2D eigenvalue weighted by Gasteiger charge is -2.05. The Balaban J connectivity index is 2.22. The van der Waals surface area contributed by atoms with Gasteiger partial charge in [-0.2, -0.15) is 0 Å². The number of aryl methyl sites for hydroxylation is 1. The molecule has 0 aliphatic rings. The zero-order chi connectivity index (χ0) is 16.6. The molecule has 0 fully saturated rings. The van der Waals surface area contributed by atoms with Gasteiger partial charge in [0, 0.05) is 22.8 Å². The van der Waals surface area contributed by atoms with Gasteiger partial charge in [-0.05, 0) is 54.3 Å². The van der Waals surface area contributed by atoms with Crippen LogP contribution in [0.15, 0.2) is 48.7 Å². The average molecular weight is 316 g/mol. The van der Waals surface area contributed by atoms with Crippen molar-refractivity contribution >= 4 is 10.9 Å². The lowest BCUT2D eigenvalue weighted by atomic mass is 10.0. The topological polar surface area (TPSA) is 41.8 Å². The molecule has 5 heteroatoms. The van der Waals surface area contributed by atoms with Crippen LogP contribution in [0.25, 0.3) is 22.2 Å². The van der Waals surface area contributed by atoms with Crippen molar-refractivity contribution in [2.24, 2.45) is 5.73 Å². The van der Waals surface area contributed by atoms with E-state index in [2.05, 4.69) is 11.6 Å². The van der Waals surface area contributed by atoms with Crippen LogP contribution in [-0.2, 0) is 6.42 Å². The molecule has 2 nitrogen and oxygen atoms in total. The number of rotatable bonds is 4. The molecular weight excluding hydrogens is 301 g/mol. The van der Waals surface area contributed by atoms with E-state index in [0.29, 0.717) is 35.2 Å². The van der Waals surface area contributed by atoms with Crippen molar-refractivity contribution in [3.8, 4) is 11.3 Å². The van der Waals surface area contributed by atoms with Crippen LogP contribution in [0.4, 0.5) is 13.2 Å². The zero-order valence-electron chi connectivity index (χ0n) is 12.3. The molecule has 118 valence electrons. The fourth-order valence-electron chi connectivity index (χ4n) is 2.68. The number of allylic oxidation sites excluding steroid dienone is 1. The van der Waals surface area contributed by atoms with Crippen molar-refractivity contribution in [1.29, 1.82) is 0 Å². The molecule has 23 heavy (non-hydrogen) atoms. The van der Waals surface area contributed by atoms with E-state index in [1.165, 1.54) is 18.2 Å². The van der Waals surface area contributed by atoms with E-state index in [-0.39, 0.29) is 11.3 Å². The van der Waals surface area contributed by atoms with Gasteiger partial charge in [0.05, 0.1) is 5.52 Å². The third-order valence-electron chi connectivity index (χ3n) is 3.76. The van der Waals surface area contributed by atoms with Gasteiger partial charge in [0.25, 0.3) is 0 Å². The summed E-state index contributed by atoms with van der Waals surface area (Å²) in [7, 11) is 0. The Bertz CT molecular complexity index is 879. The summed E-state index contributed by atoms with van der Waals surface area (Å²) in [5, 5.41) is 0.461. The van der Waals surface area contributed by atoms with Crippen molar-refractivity contribution < 1.29 is 13.2 Å². The molecule has 3 N–H and O–H groups in total. The predicted octanol–water partition coefficient (Wildman–Crippen LogP) is 4.66. The van der Waals surface area contributed by atoms with E-state index in [1.54, 1.807) is 12.1 Å². The standard InChI is InChI=1S/C18H15F3N2/c1-10(22)2-7-14-15-8-13(20)9-16(21)18(15)23-17(14)11-3-5-12(19)6-4-11/h3-6,8-9,23H,1-2,7,22H2. The molecular formula is C18H15F3N2. The molecule has 0 unspecified atom stereocenters. The first-order chi connectivity index (χ1) is 11.0. The van der Waals surface area contributed by atoms with Crippen molar-refractivity contribution in [3.05, 3.63) is 71.7 Å². The quantitative estimate of drug-likeness (QED) is 0.722. The molecule has 0 aliphatic heterocycles. The van der Waals surface area contributed by atoms with E-state index in [9.17, 15) is 13.2 Å². The van der Waals surface area contributed by atoms with Gasteiger partial charge in [-0.15, -0.1) is 0 Å². The minimum Gasteiger partial charge on any atom is -0.403 e. The highest BCUT2D eigenvalue weighted by atomic mass is 19.1. The Morgan fingerprint density at radius 1 is 1.04 bits per heavy atom. The van der Waals surface area contributed by atoms with Gasteiger partial charge in [0.15, 0.2) is 0 Å². The van der Waals surface area contributed by atoms with E-state index in [4.69, 9.17) is 5.73 Å². The highest BCUT2D eigenvalue weighted by Gasteiger charge is 2.17. The molecule has 1 heterocycles. The number of aromatic amines is 1. The first kappa shape index (κ1) is 15.2. The summed E-state index contributed by atoms with van der Waals surface area (Å²) >= 11 is 0. The van der Waals surface area contributed by atoms with Crippen LogP contribution in [0.1, 0.15) is 12.0 Å². The van der Waals surface area contributed by atoms with Gasteiger partial charge in [-0.1, -0.05) is 6.58 Å². The molecule has 0 bridgehead atoms. The highest BCUT2D eigenvalue weighted by Crippen LogP contribution is 2.33. The van der Waals surface area contributed by atoms with Crippen LogP contribution in [-0.4, -0.2) is 4.98 Å². The number of aromatic nitrogens is 1. The minimum absolute atomic E-state index is 0.225. The number of H-pyrrole nitrogens is 1. The van der Waals surface area contributed by atoms with Crippen LogP contribution >= 0.6 is 0 Å². The van der Waals surface area contributed by atoms with Gasteiger partial charge >= 0.3 is 0 Å². The van der Waals surface area contributed by atoms with Crippen LogP contribution in [0, 0.1) is 17.5 Å². The summed E-state index contributed by atoms with van der Waals surface area (Å²) in [5.74, 6) is -1.67. The van der Waals surface area contributed by atoms with Crippen LogP contribution in [0.5, 0.6) is 0 Å².